The molecule has 2 rings (SSSR count). The van der Waals surface area contributed by atoms with E-state index in [2.05, 4.69) is 10.0 Å². The van der Waals surface area contributed by atoms with Crippen molar-refractivity contribution in [1.82, 2.24) is 10.0 Å². The lowest BCUT2D eigenvalue weighted by molar-refractivity contribution is -0.123. The number of benzene rings is 2. The Labute approximate surface area is 161 Å². The summed E-state index contributed by atoms with van der Waals surface area (Å²) in [4.78, 5) is 12.6. The Morgan fingerprint density at radius 1 is 1.04 bits per heavy atom. The molecule has 1 amide bonds. The standard InChI is InChI=1S/C20H26N2O4S/c1-15(2)19(22-27(24,25)18-11-9-16(3)10-12-18)20(23)21-13-14-26-17-7-5-4-6-8-17/h4-12,15,19,22H,13-14H2,1-3H3,(H,21,23)/t19-/m0/s1. The van der Waals surface area contributed by atoms with Crippen molar-refractivity contribution in [3.05, 3.63) is 60.2 Å². The molecule has 146 valence electrons. The summed E-state index contributed by atoms with van der Waals surface area (Å²) in [6.45, 7) is 6.05. The zero-order chi connectivity index (χ0) is 19.9. The molecule has 0 bridgehead atoms. The van der Waals surface area contributed by atoms with Gasteiger partial charge in [-0.25, -0.2) is 8.42 Å². The van der Waals surface area contributed by atoms with Gasteiger partial charge in [-0.2, -0.15) is 4.72 Å². The summed E-state index contributed by atoms with van der Waals surface area (Å²) in [7, 11) is -3.78. The molecule has 0 spiro atoms. The quantitative estimate of drug-likeness (QED) is 0.644. The van der Waals surface area contributed by atoms with Gasteiger partial charge in [0.2, 0.25) is 15.9 Å². The van der Waals surface area contributed by atoms with Gasteiger partial charge in [-0.3, -0.25) is 4.79 Å². The third-order valence-electron chi connectivity index (χ3n) is 3.98. The molecule has 0 aliphatic rings. The van der Waals surface area contributed by atoms with Crippen LogP contribution in [0.1, 0.15) is 19.4 Å². The van der Waals surface area contributed by atoms with Gasteiger partial charge in [0.15, 0.2) is 0 Å². The zero-order valence-electron chi connectivity index (χ0n) is 15.8. The molecule has 0 heterocycles. The van der Waals surface area contributed by atoms with Gasteiger partial charge in [-0.1, -0.05) is 49.7 Å². The molecule has 27 heavy (non-hydrogen) atoms. The molecule has 0 saturated heterocycles. The summed E-state index contributed by atoms with van der Waals surface area (Å²) in [5, 5.41) is 2.73. The van der Waals surface area contributed by atoms with Crippen molar-refractivity contribution >= 4 is 15.9 Å². The predicted octanol–water partition coefficient (Wildman–Crippen LogP) is 2.49. The second kappa shape index (κ2) is 9.53. The molecule has 2 aromatic rings. The molecule has 0 fully saturated rings. The van der Waals surface area contributed by atoms with Crippen molar-refractivity contribution < 1.29 is 17.9 Å². The van der Waals surface area contributed by atoms with E-state index in [0.717, 1.165) is 5.56 Å². The van der Waals surface area contributed by atoms with Crippen LogP contribution in [0.15, 0.2) is 59.5 Å². The lowest BCUT2D eigenvalue weighted by Crippen LogP contribution is -2.50. The van der Waals surface area contributed by atoms with Crippen molar-refractivity contribution in [2.75, 3.05) is 13.2 Å². The van der Waals surface area contributed by atoms with E-state index in [1.807, 2.05) is 37.3 Å². The van der Waals surface area contributed by atoms with Gasteiger partial charge < -0.3 is 10.1 Å². The first-order valence-electron chi connectivity index (χ1n) is 8.84. The van der Waals surface area contributed by atoms with Crippen LogP contribution in [-0.2, 0) is 14.8 Å². The molecule has 2 aromatic carbocycles. The highest BCUT2D eigenvalue weighted by atomic mass is 32.2. The number of rotatable bonds is 9. The third-order valence-corrected chi connectivity index (χ3v) is 5.43. The first-order valence-corrected chi connectivity index (χ1v) is 10.3. The van der Waals surface area contributed by atoms with Gasteiger partial charge in [-0.15, -0.1) is 0 Å². The second-order valence-electron chi connectivity index (χ2n) is 6.61. The monoisotopic (exact) mass is 390 g/mol. The van der Waals surface area contributed by atoms with E-state index in [1.165, 1.54) is 12.1 Å². The van der Waals surface area contributed by atoms with E-state index in [4.69, 9.17) is 4.74 Å². The number of carbonyl (C=O) groups excluding carboxylic acids is 1. The Morgan fingerprint density at radius 3 is 2.26 bits per heavy atom. The van der Waals surface area contributed by atoms with Crippen LogP contribution in [0.2, 0.25) is 0 Å². The molecule has 0 aromatic heterocycles. The Kier molecular flexibility index (Phi) is 7.38. The first-order chi connectivity index (χ1) is 12.8. The molecule has 1 atom stereocenters. The highest BCUT2D eigenvalue weighted by molar-refractivity contribution is 7.89. The summed E-state index contributed by atoms with van der Waals surface area (Å²) in [6, 6.07) is 14.9. The lowest BCUT2D eigenvalue weighted by atomic mass is 10.1. The van der Waals surface area contributed by atoms with E-state index in [-0.39, 0.29) is 23.3 Å². The minimum atomic E-state index is -3.78. The Bertz CT molecular complexity index is 834. The average Bonchev–Trinajstić information content (AvgIpc) is 2.64. The molecule has 2 N–H and O–H groups in total. The predicted molar refractivity (Wildman–Crippen MR) is 105 cm³/mol. The van der Waals surface area contributed by atoms with Crippen molar-refractivity contribution in [2.24, 2.45) is 5.92 Å². The number of amides is 1. The van der Waals surface area contributed by atoms with Crippen LogP contribution in [0.4, 0.5) is 0 Å². The molecule has 0 aliphatic heterocycles. The SMILES string of the molecule is Cc1ccc(S(=O)(=O)N[C@H](C(=O)NCCOc2ccccc2)C(C)C)cc1. The third kappa shape index (κ3) is 6.37. The number of aryl methyl sites for hydroxylation is 1. The number of hydrogen-bond acceptors (Lipinski definition) is 4. The van der Waals surface area contributed by atoms with Crippen LogP contribution in [0.5, 0.6) is 5.75 Å². The lowest BCUT2D eigenvalue weighted by Gasteiger charge is -2.21. The topological polar surface area (TPSA) is 84.5 Å². The van der Waals surface area contributed by atoms with Crippen molar-refractivity contribution in [3.8, 4) is 5.75 Å². The highest BCUT2D eigenvalue weighted by Gasteiger charge is 2.28. The number of nitrogens with one attached hydrogen (secondary N) is 2. The molecular weight excluding hydrogens is 364 g/mol. The fraction of sp³-hybridized carbons (Fsp3) is 0.350. The first kappa shape index (κ1) is 20.9. The maximum Gasteiger partial charge on any atom is 0.241 e. The summed E-state index contributed by atoms with van der Waals surface area (Å²) < 4.78 is 33.2. The van der Waals surface area contributed by atoms with Gasteiger partial charge in [0.1, 0.15) is 18.4 Å². The number of carbonyl (C=O) groups is 1. The van der Waals surface area contributed by atoms with Gasteiger partial charge >= 0.3 is 0 Å². The smallest absolute Gasteiger partial charge is 0.241 e. The summed E-state index contributed by atoms with van der Waals surface area (Å²) in [5.74, 6) is 0.129. The van der Waals surface area contributed by atoms with E-state index in [9.17, 15) is 13.2 Å². The fourth-order valence-electron chi connectivity index (χ4n) is 2.41. The molecule has 0 saturated carbocycles. The van der Waals surface area contributed by atoms with Gasteiger partial charge in [0.05, 0.1) is 11.4 Å². The fourth-order valence-corrected chi connectivity index (χ4v) is 3.76. The minimum Gasteiger partial charge on any atom is -0.492 e. The molecule has 7 heteroatoms. The molecule has 0 radical (unpaired) electrons. The Hall–Kier alpha value is -2.38. The van der Waals surface area contributed by atoms with E-state index < -0.39 is 16.1 Å². The molecule has 0 unspecified atom stereocenters. The minimum absolute atomic E-state index is 0.138. The van der Waals surface area contributed by atoms with Crippen LogP contribution in [0.25, 0.3) is 0 Å². The van der Waals surface area contributed by atoms with Crippen LogP contribution in [-0.4, -0.2) is 33.5 Å². The maximum atomic E-state index is 12.6. The van der Waals surface area contributed by atoms with Gasteiger partial charge in [0.25, 0.3) is 0 Å². The van der Waals surface area contributed by atoms with E-state index in [0.29, 0.717) is 12.4 Å². The summed E-state index contributed by atoms with van der Waals surface area (Å²) in [5.41, 5.74) is 0.963. The molecule has 6 nitrogen and oxygen atoms in total. The largest absolute Gasteiger partial charge is 0.492 e. The van der Waals surface area contributed by atoms with Crippen LogP contribution in [0.3, 0.4) is 0 Å². The van der Waals surface area contributed by atoms with Crippen LogP contribution < -0.4 is 14.8 Å². The molecular formula is C20H26N2O4S. The van der Waals surface area contributed by atoms with Gasteiger partial charge in [0, 0.05) is 0 Å². The van der Waals surface area contributed by atoms with Crippen molar-refractivity contribution in [3.63, 3.8) is 0 Å². The summed E-state index contributed by atoms with van der Waals surface area (Å²) >= 11 is 0. The van der Waals surface area contributed by atoms with Crippen molar-refractivity contribution in [2.45, 2.75) is 31.7 Å². The van der Waals surface area contributed by atoms with Gasteiger partial charge in [-0.05, 0) is 37.1 Å². The number of sulfonamides is 1. The zero-order valence-corrected chi connectivity index (χ0v) is 16.6. The van der Waals surface area contributed by atoms with Crippen molar-refractivity contribution in [1.29, 1.82) is 0 Å². The Morgan fingerprint density at radius 2 is 1.67 bits per heavy atom. The van der Waals surface area contributed by atoms with Crippen LogP contribution in [0, 0.1) is 12.8 Å². The van der Waals surface area contributed by atoms with Crippen LogP contribution >= 0.6 is 0 Å². The number of hydrogen-bond donors (Lipinski definition) is 2. The van der Waals surface area contributed by atoms with E-state index >= 15 is 0 Å². The summed E-state index contributed by atoms with van der Waals surface area (Å²) in [6.07, 6.45) is 0. The molecule has 0 aliphatic carbocycles. The second-order valence-corrected chi connectivity index (χ2v) is 8.32. The Balaban J connectivity index is 1.93. The van der Waals surface area contributed by atoms with E-state index in [1.54, 1.807) is 26.0 Å². The highest BCUT2D eigenvalue weighted by Crippen LogP contribution is 2.13. The number of ether oxygens (including phenoxy) is 1. The maximum absolute atomic E-state index is 12.6. The normalized spacial score (nSPS) is 12.6. The average molecular weight is 391 g/mol. The number of para-hydroxylation sites is 1.